The summed E-state index contributed by atoms with van der Waals surface area (Å²) in [4.78, 5) is 27.5. The van der Waals surface area contributed by atoms with E-state index in [9.17, 15) is 18.0 Å². The second-order valence-electron chi connectivity index (χ2n) is 8.71. The topological polar surface area (TPSA) is 95.6 Å². The van der Waals surface area contributed by atoms with E-state index in [1.807, 2.05) is 31.2 Å². The van der Waals surface area contributed by atoms with Crippen molar-refractivity contribution in [2.45, 2.75) is 50.1 Å². The van der Waals surface area contributed by atoms with Gasteiger partial charge in [-0.1, -0.05) is 29.8 Å². The van der Waals surface area contributed by atoms with Gasteiger partial charge in [0.25, 0.3) is 5.91 Å². The van der Waals surface area contributed by atoms with Crippen LogP contribution in [0.25, 0.3) is 0 Å². The molecular weight excluding hydrogens is 426 g/mol. The van der Waals surface area contributed by atoms with Crippen molar-refractivity contribution in [1.82, 2.24) is 14.9 Å². The molecule has 7 nitrogen and oxygen atoms in total. The average molecular weight is 456 g/mol. The van der Waals surface area contributed by atoms with Crippen LogP contribution >= 0.6 is 0 Å². The summed E-state index contributed by atoms with van der Waals surface area (Å²) >= 11 is 0. The van der Waals surface area contributed by atoms with Crippen LogP contribution in [0.4, 0.5) is 0 Å². The maximum absolute atomic E-state index is 12.8. The molecule has 2 aliphatic rings. The predicted octanol–water partition coefficient (Wildman–Crippen LogP) is 2.60. The quantitative estimate of drug-likeness (QED) is 0.671. The summed E-state index contributed by atoms with van der Waals surface area (Å²) in [5.41, 5.74) is 2.57. The Morgan fingerprint density at radius 3 is 2.34 bits per heavy atom. The number of rotatable bonds is 7. The molecule has 2 fully saturated rings. The molecule has 0 bridgehead atoms. The highest BCUT2D eigenvalue weighted by atomic mass is 32.2. The summed E-state index contributed by atoms with van der Waals surface area (Å²) in [6, 6.07) is 14.1. The van der Waals surface area contributed by atoms with E-state index < -0.39 is 10.0 Å². The second-order valence-corrected chi connectivity index (χ2v) is 10.4. The minimum atomic E-state index is -3.48. The SMILES string of the molecule is Cc1ccc(C(=O)N2CCCC(C(=O)NCc3ccc(S(=O)(=O)NC4CC4)cc3)C2)cc1. The van der Waals surface area contributed by atoms with Gasteiger partial charge in [0, 0.05) is 31.2 Å². The second kappa shape index (κ2) is 9.42. The standard InChI is InChI=1S/C24H29N3O4S/c1-17-4-8-19(9-5-17)24(29)27-14-2-3-20(16-27)23(28)25-15-18-6-12-22(13-7-18)32(30,31)26-21-10-11-21/h4-9,12-13,20-21,26H,2-3,10-11,14-16H2,1H3,(H,25,28). The Hall–Kier alpha value is -2.71. The normalized spacial score (nSPS) is 18.9. The molecule has 170 valence electrons. The fourth-order valence-corrected chi connectivity index (χ4v) is 5.17. The third-order valence-electron chi connectivity index (χ3n) is 5.98. The van der Waals surface area contributed by atoms with Crippen molar-refractivity contribution < 1.29 is 18.0 Å². The van der Waals surface area contributed by atoms with Crippen LogP contribution in [0, 0.1) is 12.8 Å². The number of sulfonamides is 1. The van der Waals surface area contributed by atoms with Crippen molar-refractivity contribution >= 4 is 21.8 Å². The lowest BCUT2D eigenvalue weighted by molar-refractivity contribution is -0.126. The van der Waals surface area contributed by atoms with Gasteiger partial charge < -0.3 is 10.2 Å². The molecule has 0 radical (unpaired) electrons. The van der Waals surface area contributed by atoms with Gasteiger partial charge in [-0.25, -0.2) is 13.1 Å². The molecule has 1 saturated carbocycles. The Kier molecular flexibility index (Phi) is 6.62. The fourth-order valence-electron chi connectivity index (χ4n) is 3.86. The number of carbonyl (C=O) groups is 2. The van der Waals surface area contributed by atoms with Gasteiger partial charge in [-0.15, -0.1) is 0 Å². The number of amides is 2. The molecule has 1 heterocycles. The van der Waals surface area contributed by atoms with E-state index in [-0.39, 0.29) is 28.7 Å². The Morgan fingerprint density at radius 1 is 1.00 bits per heavy atom. The van der Waals surface area contributed by atoms with E-state index in [2.05, 4.69) is 10.0 Å². The molecule has 2 amide bonds. The van der Waals surface area contributed by atoms with Crippen molar-refractivity contribution in [2.24, 2.45) is 5.92 Å². The minimum absolute atomic E-state index is 0.0425. The van der Waals surface area contributed by atoms with Crippen LogP contribution in [0.3, 0.4) is 0 Å². The maximum Gasteiger partial charge on any atom is 0.253 e. The Labute approximate surface area is 189 Å². The zero-order valence-corrected chi connectivity index (χ0v) is 19.0. The van der Waals surface area contributed by atoms with Crippen LogP contribution < -0.4 is 10.0 Å². The van der Waals surface area contributed by atoms with Crippen LogP contribution in [0.5, 0.6) is 0 Å². The lowest BCUT2D eigenvalue weighted by atomic mass is 9.96. The summed E-state index contributed by atoms with van der Waals surface area (Å²) < 4.78 is 27.2. The third-order valence-corrected chi connectivity index (χ3v) is 7.51. The van der Waals surface area contributed by atoms with Gasteiger partial charge in [0.1, 0.15) is 0 Å². The molecule has 2 N–H and O–H groups in total. The van der Waals surface area contributed by atoms with E-state index in [0.29, 0.717) is 25.2 Å². The average Bonchev–Trinajstić information content (AvgIpc) is 3.61. The predicted molar refractivity (Wildman–Crippen MR) is 121 cm³/mol. The Bertz CT molecular complexity index is 1080. The first-order valence-electron chi connectivity index (χ1n) is 11.1. The molecule has 2 aromatic carbocycles. The molecule has 1 aliphatic carbocycles. The van der Waals surface area contributed by atoms with E-state index in [1.165, 1.54) is 0 Å². The van der Waals surface area contributed by atoms with E-state index >= 15 is 0 Å². The summed E-state index contributed by atoms with van der Waals surface area (Å²) in [6.45, 7) is 3.36. The number of hydrogen-bond acceptors (Lipinski definition) is 4. The summed E-state index contributed by atoms with van der Waals surface area (Å²) in [7, 11) is -3.48. The molecule has 2 aromatic rings. The van der Waals surface area contributed by atoms with Gasteiger partial charge in [0.2, 0.25) is 15.9 Å². The van der Waals surface area contributed by atoms with E-state index in [0.717, 1.165) is 36.8 Å². The first kappa shape index (κ1) is 22.5. The maximum atomic E-state index is 12.8. The Balaban J connectivity index is 1.30. The van der Waals surface area contributed by atoms with Gasteiger partial charge in [0.05, 0.1) is 10.8 Å². The first-order valence-corrected chi connectivity index (χ1v) is 12.5. The van der Waals surface area contributed by atoms with Gasteiger partial charge in [0.15, 0.2) is 0 Å². The summed E-state index contributed by atoms with van der Waals surface area (Å²) in [6.07, 6.45) is 3.31. The largest absolute Gasteiger partial charge is 0.352 e. The molecule has 1 atom stereocenters. The molecular formula is C24H29N3O4S. The number of benzene rings is 2. The summed E-state index contributed by atoms with van der Waals surface area (Å²) in [5.74, 6) is -0.377. The van der Waals surface area contributed by atoms with Crippen molar-refractivity contribution in [3.63, 3.8) is 0 Å². The number of piperidine rings is 1. The number of aryl methyl sites for hydroxylation is 1. The number of hydrogen-bond donors (Lipinski definition) is 2. The lowest BCUT2D eigenvalue weighted by Gasteiger charge is -2.32. The van der Waals surface area contributed by atoms with Gasteiger partial charge in [-0.3, -0.25) is 9.59 Å². The third kappa shape index (κ3) is 5.55. The van der Waals surface area contributed by atoms with Gasteiger partial charge in [-0.2, -0.15) is 0 Å². The van der Waals surface area contributed by atoms with Crippen molar-refractivity contribution in [3.05, 3.63) is 65.2 Å². The van der Waals surface area contributed by atoms with Crippen LogP contribution in [-0.2, 0) is 21.4 Å². The first-order chi connectivity index (χ1) is 15.3. The molecule has 1 unspecified atom stereocenters. The number of likely N-dealkylation sites (tertiary alicyclic amines) is 1. The molecule has 32 heavy (non-hydrogen) atoms. The van der Waals surface area contributed by atoms with Crippen molar-refractivity contribution in [2.75, 3.05) is 13.1 Å². The van der Waals surface area contributed by atoms with Crippen LogP contribution in [0.2, 0.25) is 0 Å². The highest BCUT2D eigenvalue weighted by molar-refractivity contribution is 7.89. The van der Waals surface area contributed by atoms with Crippen molar-refractivity contribution in [3.8, 4) is 0 Å². The molecule has 8 heteroatoms. The number of nitrogens with zero attached hydrogens (tertiary/aromatic N) is 1. The molecule has 1 saturated heterocycles. The highest BCUT2D eigenvalue weighted by Crippen LogP contribution is 2.22. The smallest absolute Gasteiger partial charge is 0.253 e. The Morgan fingerprint density at radius 2 is 1.69 bits per heavy atom. The molecule has 1 aliphatic heterocycles. The van der Waals surface area contributed by atoms with Crippen LogP contribution in [0.1, 0.15) is 47.2 Å². The number of carbonyl (C=O) groups excluding carboxylic acids is 2. The van der Waals surface area contributed by atoms with Crippen LogP contribution in [-0.4, -0.2) is 44.3 Å². The van der Waals surface area contributed by atoms with E-state index in [4.69, 9.17) is 0 Å². The molecule has 0 aromatic heterocycles. The van der Waals surface area contributed by atoms with Crippen molar-refractivity contribution in [1.29, 1.82) is 0 Å². The zero-order valence-electron chi connectivity index (χ0n) is 18.2. The number of nitrogens with one attached hydrogen (secondary N) is 2. The van der Waals surface area contributed by atoms with E-state index in [1.54, 1.807) is 29.2 Å². The summed E-state index contributed by atoms with van der Waals surface area (Å²) in [5, 5.41) is 2.93. The lowest BCUT2D eigenvalue weighted by Crippen LogP contribution is -2.45. The van der Waals surface area contributed by atoms with Crippen LogP contribution in [0.15, 0.2) is 53.4 Å². The monoisotopic (exact) mass is 455 g/mol. The fraction of sp³-hybridized carbons (Fsp3) is 0.417. The van der Waals surface area contributed by atoms with Gasteiger partial charge >= 0.3 is 0 Å². The van der Waals surface area contributed by atoms with Gasteiger partial charge in [-0.05, 0) is 62.4 Å². The molecule has 4 rings (SSSR count). The zero-order chi connectivity index (χ0) is 22.7. The highest BCUT2D eigenvalue weighted by Gasteiger charge is 2.29. The molecule has 0 spiro atoms. The minimum Gasteiger partial charge on any atom is -0.352 e.